The summed E-state index contributed by atoms with van der Waals surface area (Å²) in [7, 11) is -3.60. The molecule has 0 saturated heterocycles. The Labute approximate surface area is 278 Å². The number of rotatable bonds is 11. The molecule has 10 nitrogen and oxygen atoms in total. The maximum Gasteiger partial charge on any atom is 0.341 e. The quantitative estimate of drug-likeness (QED) is 0.259. The Balaban J connectivity index is 1.51. The zero-order chi connectivity index (χ0) is 33.0. The molecule has 1 aliphatic heterocycles. The van der Waals surface area contributed by atoms with Crippen LogP contribution in [0.1, 0.15) is 64.7 Å². The highest BCUT2D eigenvalue weighted by molar-refractivity contribution is 7.88. The molecule has 1 fully saturated rings. The molecule has 13 heteroatoms. The minimum atomic E-state index is -3.60. The standard InChI is InChI=1S/C33H35Cl2N3O7S/c1-46(43,44)37-27-11-4-5-12-28(27)38-31(25-14-13-21(34)18-26(25)35)30(23-9-2-3-10-24(23)33(38)42)32(41)36-16-15-20-7-6-8-22(17-20)45-19-29(39)40/h2-3,6-10,13-14,17-18,27-28,30-31,37H,4-5,11-12,15-16,19H2,1H3,(H,36,41)(H,39,40)/t27?,28-,30+,31-/m0/s1. The number of aliphatic carboxylic acids is 1. The molecule has 0 aromatic heterocycles. The van der Waals surface area contributed by atoms with Crippen molar-refractivity contribution in [3.63, 3.8) is 0 Å². The number of halogens is 2. The van der Waals surface area contributed by atoms with Gasteiger partial charge in [0.2, 0.25) is 15.9 Å². The van der Waals surface area contributed by atoms with Gasteiger partial charge in [0, 0.05) is 34.2 Å². The first-order valence-corrected chi connectivity index (χ1v) is 17.6. The molecule has 3 aromatic carbocycles. The molecular formula is C33H35Cl2N3O7S. The number of carbonyl (C=O) groups excluding carboxylic acids is 2. The second-order valence-electron chi connectivity index (χ2n) is 11.6. The molecule has 0 bridgehead atoms. The molecule has 3 aromatic rings. The van der Waals surface area contributed by atoms with Gasteiger partial charge in [0.1, 0.15) is 5.75 Å². The molecule has 244 valence electrons. The summed E-state index contributed by atoms with van der Waals surface area (Å²) in [5.74, 6) is -2.19. The van der Waals surface area contributed by atoms with Crippen LogP contribution in [-0.4, -0.2) is 67.7 Å². The van der Waals surface area contributed by atoms with Crippen LogP contribution < -0.4 is 14.8 Å². The van der Waals surface area contributed by atoms with Crippen LogP contribution in [0.4, 0.5) is 0 Å². The number of ether oxygens (including phenoxy) is 1. The molecule has 0 spiro atoms. The molecule has 1 saturated carbocycles. The Morgan fingerprint density at radius 1 is 1.00 bits per heavy atom. The first-order chi connectivity index (χ1) is 21.9. The zero-order valence-corrected chi connectivity index (χ0v) is 27.4. The average molecular weight is 689 g/mol. The third kappa shape index (κ3) is 7.83. The summed E-state index contributed by atoms with van der Waals surface area (Å²) in [6, 6.07) is 17.0. The SMILES string of the molecule is CS(=O)(=O)NC1CCCC[C@@H]1N1C(=O)c2ccccc2[C@@H](C(=O)NCCc2cccc(OCC(=O)O)c2)[C@@H]1c1ccc(Cl)cc1Cl. The lowest BCUT2D eigenvalue weighted by Gasteiger charge is -2.49. The Kier molecular flexibility index (Phi) is 10.6. The van der Waals surface area contributed by atoms with Crippen molar-refractivity contribution in [1.29, 1.82) is 0 Å². The van der Waals surface area contributed by atoms with E-state index in [1.807, 2.05) is 6.07 Å². The second-order valence-corrected chi connectivity index (χ2v) is 14.2. The van der Waals surface area contributed by atoms with E-state index in [2.05, 4.69) is 10.0 Å². The summed E-state index contributed by atoms with van der Waals surface area (Å²) in [5.41, 5.74) is 2.28. The number of benzene rings is 3. The minimum absolute atomic E-state index is 0.247. The lowest BCUT2D eigenvalue weighted by molar-refractivity contribution is -0.139. The molecule has 2 aliphatic rings. The third-order valence-corrected chi connectivity index (χ3v) is 9.66. The fraction of sp³-hybridized carbons (Fsp3) is 0.364. The highest BCUT2D eigenvalue weighted by atomic mass is 35.5. The van der Waals surface area contributed by atoms with Gasteiger partial charge >= 0.3 is 5.97 Å². The minimum Gasteiger partial charge on any atom is -0.482 e. The molecular weight excluding hydrogens is 653 g/mol. The van der Waals surface area contributed by atoms with E-state index in [9.17, 15) is 22.8 Å². The molecule has 4 atom stereocenters. The van der Waals surface area contributed by atoms with Gasteiger partial charge < -0.3 is 20.1 Å². The number of carboxylic acids is 1. The van der Waals surface area contributed by atoms with Crippen molar-refractivity contribution in [1.82, 2.24) is 14.9 Å². The fourth-order valence-electron chi connectivity index (χ4n) is 6.50. The fourth-order valence-corrected chi connectivity index (χ4v) is 7.85. The highest BCUT2D eigenvalue weighted by Gasteiger charge is 2.49. The first kappa shape index (κ1) is 33.7. The van der Waals surface area contributed by atoms with E-state index in [1.54, 1.807) is 65.6 Å². The van der Waals surface area contributed by atoms with Crippen LogP contribution in [0.5, 0.6) is 5.75 Å². The Morgan fingerprint density at radius 3 is 2.50 bits per heavy atom. The van der Waals surface area contributed by atoms with Gasteiger partial charge in [-0.25, -0.2) is 17.9 Å². The van der Waals surface area contributed by atoms with Gasteiger partial charge in [-0.2, -0.15) is 0 Å². The number of sulfonamides is 1. The average Bonchev–Trinajstić information content (AvgIpc) is 3.00. The number of hydrogen-bond donors (Lipinski definition) is 3. The molecule has 1 unspecified atom stereocenters. The van der Waals surface area contributed by atoms with E-state index in [4.69, 9.17) is 33.0 Å². The lowest BCUT2D eigenvalue weighted by Crippen LogP contribution is -2.59. The molecule has 2 amide bonds. The summed E-state index contributed by atoms with van der Waals surface area (Å²) in [6.45, 7) is -0.219. The molecule has 5 rings (SSSR count). The summed E-state index contributed by atoms with van der Waals surface area (Å²) in [5, 5.41) is 12.6. The van der Waals surface area contributed by atoms with Crippen molar-refractivity contribution in [2.45, 2.75) is 56.1 Å². The number of carbonyl (C=O) groups is 3. The molecule has 1 aliphatic carbocycles. The Bertz CT molecular complexity index is 1740. The predicted octanol–water partition coefficient (Wildman–Crippen LogP) is 4.96. The van der Waals surface area contributed by atoms with Crippen molar-refractivity contribution in [2.75, 3.05) is 19.4 Å². The number of nitrogens with zero attached hydrogens (tertiary/aromatic N) is 1. The molecule has 0 radical (unpaired) electrons. The molecule has 46 heavy (non-hydrogen) atoms. The lowest BCUT2D eigenvalue weighted by atomic mass is 9.76. The topological polar surface area (TPSA) is 142 Å². The van der Waals surface area contributed by atoms with Gasteiger partial charge in [-0.05, 0) is 66.3 Å². The van der Waals surface area contributed by atoms with E-state index in [1.165, 1.54) is 0 Å². The third-order valence-electron chi connectivity index (χ3n) is 8.37. The van der Waals surface area contributed by atoms with Crippen molar-refractivity contribution >= 4 is 51.0 Å². The van der Waals surface area contributed by atoms with Crippen LogP contribution in [0, 0.1) is 0 Å². The van der Waals surface area contributed by atoms with E-state index in [0.717, 1.165) is 24.7 Å². The van der Waals surface area contributed by atoms with Gasteiger partial charge in [-0.15, -0.1) is 0 Å². The maximum absolute atomic E-state index is 14.4. The Morgan fingerprint density at radius 2 is 1.76 bits per heavy atom. The largest absolute Gasteiger partial charge is 0.482 e. The van der Waals surface area contributed by atoms with Crippen LogP contribution >= 0.6 is 23.2 Å². The van der Waals surface area contributed by atoms with Crippen molar-refractivity contribution in [3.05, 3.63) is 99.0 Å². The van der Waals surface area contributed by atoms with Crippen LogP contribution in [-0.2, 0) is 26.0 Å². The van der Waals surface area contributed by atoms with Gasteiger partial charge in [0.05, 0.1) is 18.2 Å². The maximum atomic E-state index is 14.4. The number of fused-ring (bicyclic) bond motifs is 1. The number of amides is 2. The summed E-state index contributed by atoms with van der Waals surface area (Å²) < 4.78 is 32.8. The molecule has 3 N–H and O–H groups in total. The van der Waals surface area contributed by atoms with Gasteiger partial charge in [-0.3, -0.25) is 9.59 Å². The van der Waals surface area contributed by atoms with Crippen molar-refractivity contribution in [3.8, 4) is 5.75 Å². The first-order valence-electron chi connectivity index (χ1n) is 15.0. The van der Waals surface area contributed by atoms with Crippen LogP contribution in [0.3, 0.4) is 0 Å². The van der Waals surface area contributed by atoms with Gasteiger partial charge in [-0.1, -0.05) is 72.4 Å². The number of hydrogen-bond acceptors (Lipinski definition) is 6. The van der Waals surface area contributed by atoms with Crippen LogP contribution in [0.15, 0.2) is 66.7 Å². The summed E-state index contributed by atoms with van der Waals surface area (Å²) in [6.07, 6.45) is 4.19. The van der Waals surface area contributed by atoms with Crippen molar-refractivity contribution < 1.29 is 32.6 Å². The van der Waals surface area contributed by atoms with Crippen LogP contribution in [0.2, 0.25) is 10.0 Å². The number of carboxylic acid groups (broad SMARTS) is 1. The van der Waals surface area contributed by atoms with Crippen molar-refractivity contribution in [2.24, 2.45) is 0 Å². The highest BCUT2D eigenvalue weighted by Crippen LogP contribution is 2.47. The van der Waals surface area contributed by atoms with E-state index in [-0.39, 0.29) is 23.4 Å². The van der Waals surface area contributed by atoms with Gasteiger partial charge in [0.25, 0.3) is 5.91 Å². The Hall–Kier alpha value is -3.64. The summed E-state index contributed by atoms with van der Waals surface area (Å²) in [4.78, 5) is 41.2. The zero-order valence-electron chi connectivity index (χ0n) is 25.1. The smallest absolute Gasteiger partial charge is 0.341 e. The second kappa shape index (κ2) is 14.4. The normalized spacial score (nSPS) is 21.4. The van der Waals surface area contributed by atoms with E-state index < -0.39 is 46.6 Å². The van der Waals surface area contributed by atoms with Gasteiger partial charge in [0.15, 0.2) is 6.61 Å². The summed E-state index contributed by atoms with van der Waals surface area (Å²) >= 11 is 13.0. The molecule has 1 heterocycles. The van der Waals surface area contributed by atoms with E-state index >= 15 is 0 Å². The monoisotopic (exact) mass is 687 g/mol. The number of nitrogens with one attached hydrogen (secondary N) is 2. The predicted molar refractivity (Wildman–Crippen MR) is 175 cm³/mol. The van der Waals surface area contributed by atoms with Crippen LogP contribution in [0.25, 0.3) is 0 Å². The van der Waals surface area contributed by atoms with E-state index in [0.29, 0.717) is 46.7 Å².